The third-order valence-corrected chi connectivity index (χ3v) is 0.835. The van der Waals surface area contributed by atoms with Gasteiger partial charge in [0.1, 0.15) is 0 Å². The minimum absolute atomic E-state index is 0.0562. The van der Waals surface area contributed by atoms with Crippen molar-refractivity contribution in [1.82, 2.24) is 10.6 Å². The molecule has 2 N–H and O–H groups in total. The van der Waals surface area contributed by atoms with Gasteiger partial charge in [-0.25, -0.2) is 0 Å². The Morgan fingerprint density at radius 3 is 2.78 bits per heavy atom. The Bertz CT molecular complexity index is 87.0. The van der Waals surface area contributed by atoms with E-state index in [2.05, 4.69) is 10.6 Å². The molecular formula is C5H11BN2O. The molecular weight excluding hydrogens is 115 g/mol. The van der Waals surface area contributed by atoms with Gasteiger partial charge in [-0.05, 0) is 13.0 Å². The van der Waals surface area contributed by atoms with Crippen molar-refractivity contribution in [1.29, 1.82) is 0 Å². The smallest absolute Gasteiger partial charge is 0.233 e. The Kier molecular flexibility index (Phi) is 5.31. The maximum atomic E-state index is 10.5. The molecule has 0 aliphatic carbocycles. The largest absolute Gasteiger partial charge is 0.364 e. The van der Waals surface area contributed by atoms with Crippen LogP contribution in [0.4, 0.5) is 0 Å². The highest BCUT2D eigenvalue weighted by molar-refractivity contribution is 6.10. The first-order valence-electron chi connectivity index (χ1n) is 2.98. The number of nitrogens with one attached hydrogen (secondary N) is 2. The first kappa shape index (κ1) is 8.49. The molecule has 3 nitrogen and oxygen atoms in total. The van der Waals surface area contributed by atoms with Crippen LogP contribution in [0.15, 0.2) is 0 Å². The van der Waals surface area contributed by atoms with Crippen molar-refractivity contribution in [2.24, 2.45) is 0 Å². The number of likely N-dealkylation sites (N-methyl/N-ethyl adjacent to an activating group) is 1. The molecule has 0 fully saturated rings. The van der Waals surface area contributed by atoms with Gasteiger partial charge >= 0.3 is 0 Å². The zero-order valence-electron chi connectivity index (χ0n) is 5.61. The topological polar surface area (TPSA) is 41.1 Å². The summed E-state index contributed by atoms with van der Waals surface area (Å²) in [6.07, 6.45) is 0.213. The van der Waals surface area contributed by atoms with E-state index in [4.69, 9.17) is 7.85 Å². The monoisotopic (exact) mass is 126 g/mol. The molecule has 0 bridgehead atoms. The van der Waals surface area contributed by atoms with Gasteiger partial charge in [0.05, 0.1) is 14.4 Å². The van der Waals surface area contributed by atoms with Crippen molar-refractivity contribution in [2.75, 3.05) is 19.5 Å². The number of amides is 1. The minimum atomic E-state index is -0.0562. The maximum absolute atomic E-state index is 10.5. The van der Waals surface area contributed by atoms with Crippen LogP contribution in [0.3, 0.4) is 0 Å². The van der Waals surface area contributed by atoms with E-state index in [-0.39, 0.29) is 12.4 Å². The summed E-state index contributed by atoms with van der Waals surface area (Å²) in [6.45, 7) is 3.10. The van der Waals surface area contributed by atoms with Gasteiger partial charge in [-0.3, -0.25) is 4.79 Å². The van der Waals surface area contributed by atoms with E-state index in [1.165, 1.54) is 0 Å². The molecule has 0 heterocycles. The van der Waals surface area contributed by atoms with Crippen molar-refractivity contribution in [3.05, 3.63) is 0 Å². The van der Waals surface area contributed by atoms with Gasteiger partial charge in [0.2, 0.25) is 5.91 Å². The second-order valence-electron chi connectivity index (χ2n) is 1.58. The molecule has 0 aliphatic heterocycles. The van der Waals surface area contributed by atoms with Gasteiger partial charge in [-0.15, -0.1) is 0 Å². The summed E-state index contributed by atoms with van der Waals surface area (Å²) in [5.74, 6) is -0.0562. The number of rotatable bonds is 4. The van der Waals surface area contributed by atoms with E-state index in [0.717, 1.165) is 6.54 Å². The van der Waals surface area contributed by atoms with Gasteiger partial charge in [-0.1, -0.05) is 6.92 Å². The molecule has 0 saturated carbocycles. The lowest BCUT2D eigenvalue weighted by Gasteiger charge is -2.00. The first-order chi connectivity index (χ1) is 4.31. The molecule has 0 aromatic heterocycles. The Balaban J connectivity index is 3.06. The standard InChI is InChI=1S/C5H11BN2O/c1-2-7-3-5(9)8-4-6/h7H,2-4H2,1H3,(H,8,9). The highest BCUT2D eigenvalue weighted by Gasteiger charge is 1.93. The summed E-state index contributed by atoms with van der Waals surface area (Å²) in [5, 5.41) is 5.32. The average molecular weight is 126 g/mol. The molecule has 50 valence electrons. The summed E-state index contributed by atoms with van der Waals surface area (Å²) in [4.78, 5) is 10.5. The van der Waals surface area contributed by atoms with Crippen LogP contribution in [0, 0.1) is 0 Å². The maximum Gasteiger partial charge on any atom is 0.233 e. The molecule has 2 radical (unpaired) electrons. The van der Waals surface area contributed by atoms with Crippen LogP contribution in [0.5, 0.6) is 0 Å². The minimum Gasteiger partial charge on any atom is -0.364 e. The molecule has 0 atom stereocenters. The van der Waals surface area contributed by atoms with Crippen molar-refractivity contribution in [2.45, 2.75) is 6.92 Å². The lowest BCUT2D eigenvalue weighted by atomic mass is 10.2. The normalized spacial score (nSPS) is 9.00. The van der Waals surface area contributed by atoms with Gasteiger partial charge in [-0.2, -0.15) is 0 Å². The van der Waals surface area contributed by atoms with Crippen molar-refractivity contribution < 1.29 is 4.79 Å². The van der Waals surface area contributed by atoms with E-state index >= 15 is 0 Å². The molecule has 0 aliphatic rings. The lowest BCUT2D eigenvalue weighted by Crippen LogP contribution is -2.34. The van der Waals surface area contributed by atoms with Gasteiger partial charge in [0.25, 0.3) is 0 Å². The molecule has 4 heteroatoms. The Morgan fingerprint density at radius 1 is 1.67 bits per heavy atom. The second kappa shape index (κ2) is 5.63. The van der Waals surface area contributed by atoms with Crippen LogP contribution in [-0.4, -0.2) is 33.3 Å². The van der Waals surface area contributed by atoms with Gasteiger partial charge in [0.15, 0.2) is 0 Å². The molecule has 0 unspecified atom stereocenters. The molecule has 1 amide bonds. The Labute approximate surface area is 56.6 Å². The fraction of sp³-hybridized carbons (Fsp3) is 0.800. The highest BCUT2D eigenvalue weighted by atomic mass is 16.1. The van der Waals surface area contributed by atoms with Crippen LogP contribution in [0.1, 0.15) is 6.92 Å². The second-order valence-corrected chi connectivity index (χ2v) is 1.58. The number of carbonyl (C=O) groups excluding carboxylic acids is 1. The number of hydrogen-bond donors (Lipinski definition) is 2. The average Bonchev–Trinajstić information content (AvgIpc) is 1.85. The Hall–Kier alpha value is -0.505. The van der Waals surface area contributed by atoms with Gasteiger partial charge in [0, 0.05) is 0 Å². The number of carbonyl (C=O) groups is 1. The van der Waals surface area contributed by atoms with Crippen molar-refractivity contribution >= 4 is 13.8 Å². The molecule has 0 aromatic rings. The third kappa shape index (κ3) is 5.36. The molecule has 0 rings (SSSR count). The first-order valence-corrected chi connectivity index (χ1v) is 2.98. The third-order valence-electron chi connectivity index (χ3n) is 0.835. The fourth-order valence-corrected chi connectivity index (χ4v) is 0.415. The summed E-state index contributed by atoms with van der Waals surface area (Å²) < 4.78 is 0. The van der Waals surface area contributed by atoms with E-state index in [1.54, 1.807) is 0 Å². The molecule has 9 heavy (non-hydrogen) atoms. The molecule has 0 aromatic carbocycles. The SMILES string of the molecule is [B]CNC(=O)CNCC. The summed E-state index contributed by atoms with van der Waals surface area (Å²) >= 11 is 0. The van der Waals surface area contributed by atoms with E-state index in [0.29, 0.717) is 6.54 Å². The van der Waals surface area contributed by atoms with Crippen LogP contribution >= 0.6 is 0 Å². The lowest BCUT2D eigenvalue weighted by molar-refractivity contribution is -0.119. The Morgan fingerprint density at radius 2 is 2.33 bits per heavy atom. The van der Waals surface area contributed by atoms with Crippen LogP contribution in [0.2, 0.25) is 0 Å². The molecule has 0 spiro atoms. The molecule has 0 saturated heterocycles. The highest BCUT2D eigenvalue weighted by Crippen LogP contribution is 1.60. The summed E-state index contributed by atoms with van der Waals surface area (Å²) in [7, 11) is 5.04. The van der Waals surface area contributed by atoms with Crippen LogP contribution in [-0.2, 0) is 4.79 Å². The summed E-state index contributed by atoms with van der Waals surface area (Å²) in [5.41, 5.74) is 0. The van der Waals surface area contributed by atoms with Crippen molar-refractivity contribution in [3.8, 4) is 0 Å². The van der Waals surface area contributed by atoms with E-state index in [1.807, 2.05) is 6.92 Å². The predicted molar refractivity (Wildman–Crippen MR) is 37.3 cm³/mol. The zero-order valence-corrected chi connectivity index (χ0v) is 5.61. The van der Waals surface area contributed by atoms with Crippen LogP contribution < -0.4 is 10.6 Å². The van der Waals surface area contributed by atoms with E-state index in [9.17, 15) is 4.79 Å². The zero-order chi connectivity index (χ0) is 7.11. The van der Waals surface area contributed by atoms with Crippen molar-refractivity contribution in [3.63, 3.8) is 0 Å². The van der Waals surface area contributed by atoms with E-state index < -0.39 is 0 Å². The number of hydrogen-bond acceptors (Lipinski definition) is 2. The predicted octanol–water partition coefficient (Wildman–Crippen LogP) is -1.16. The van der Waals surface area contributed by atoms with Crippen LogP contribution in [0.25, 0.3) is 0 Å². The quantitative estimate of drug-likeness (QED) is 0.466. The fourth-order valence-electron chi connectivity index (χ4n) is 0.415. The van der Waals surface area contributed by atoms with Gasteiger partial charge < -0.3 is 10.6 Å². The summed E-state index contributed by atoms with van der Waals surface area (Å²) in [6, 6.07) is 0.